The molecule has 3 nitrogen and oxygen atoms in total. The van der Waals surface area contributed by atoms with Crippen molar-refractivity contribution < 1.29 is 13.9 Å². The largest absolute Gasteiger partial charge is 0.379 e. The molecule has 0 spiro atoms. The summed E-state index contributed by atoms with van der Waals surface area (Å²) in [7, 11) is 0. The standard InChI is InChI=1S/C13H16FNO2/c1-13(7-2-8-17-9-13)15-12(16)10-3-5-11(14)6-4-10/h3-6H,2,7-9H2,1H3,(H,15,16). The van der Waals surface area contributed by atoms with E-state index in [1.807, 2.05) is 6.92 Å². The number of rotatable bonds is 2. The van der Waals surface area contributed by atoms with Crippen LogP contribution in [0.1, 0.15) is 30.1 Å². The molecule has 1 aromatic carbocycles. The van der Waals surface area contributed by atoms with Crippen molar-refractivity contribution in [3.05, 3.63) is 35.6 Å². The summed E-state index contributed by atoms with van der Waals surface area (Å²) >= 11 is 0. The molecule has 1 unspecified atom stereocenters. The summed E-state index contributed by atoms with van der Waals surface area (Å²) in [6.45, 7) is 3.25. The number of carbonyl (C=O) groups excluding carboxylic acids is 1. The van der Waals surface area contributed by atoms with Crippen LogP contribution in [0.2, 0.25) is 0 Å². The van der Waals surface area contributed by atoms with Crippen molar-refractivity contribution in [1.82, 2.24) is 5.32 Å². The highest BCUT2D eigenvalue weighted by atomic mass is 19.1. The van der Waals surface area contributed by atoms with Crippen LogP contribution in [0.15, 0.2) is 24.3 Å². The Hall–Kier alpha value is -1.42. The summed E-state index contributed by atoms with van der Waals surface area (Å²) in [5.41, 5.74) is 0.155. The molecule has 1 N–H and O–H groups in total. The zero-order chi connectivity index (χ0) is 12.3. The molecule has 0 radical (unpaired) electrons. The van der Waals surface area contributed by atoms with Crippen LogP contribution in [-0.2, 0) is 4.74 Å². The minimum Gasteiger partial charge on any atom is -0.379 e. The first-order valence-electron chi connectivity index (χ1n) is 5.75. The fourth-order valence-corrected chi connectivity index (χ4v) is 1.98. The van der Waals surface area contributed by atoms with E-state index in [1.165, 1.54) is 24.3 Å². The lowest BCUT2D eigenvalue weighted by Crippen LogP contribution is -2.51. The van der Waals surface area contributed by atoms with Gasteiger partial charge in [-0.15, -0.1) is 0 Å². The summed E-state index contributed by atoms with van der Waals surface area (Å²) in [4.78, 5) is 11.9. The van der Waals surface area contributed by atoms with Crippen LogP contribution in [0.5, 0.6) is 0 Å². The molecule has 0 aromatic heterocycles. The molecule has 0 bridgehead atoms. The topological polar surface area (TPSA) is 38.3 Å². The van der Waals surface area contributed by atoms with Crippen molar-refractivity contribution in [3.8, 4) is 0 Å². The lowest BCUT2D eigenvalue weighted by atomic mass is 9.94. The molecule has 0 saturated carbocycles. The van der Waals surface area contributed by atoms with Gasteiger partial charge in [-0.1, -0.05) is 0 Å². The molecule has 1 atom stereocenters. The summed E-state index contributed by atoms with van der Waals surface area (Å²) < 4.78 is 18.1. The van der Waals surface area contributed by atoms with E-state index in [1.54, 1.807) is 0 Å². The van der Waals surface area contributed by atoms with Crippen LogP contribution >= 0.6 is 0 Å². The van der Waals surface area contributed by atoms with Gasteiger partial charge >= 0.3 is 0 Å². The van der Waals surface area contributed by atoms with Crippen LogP contribution in [0.3, 0.4) is 0 Å². The third-order valence-electron chi connectivity index (χ3n) is 2.96. The second kappa shape index (κ2) is 4.84. The van der Waals surface area contributed by atoms with Crippen LogP contribution in [0.25, 0.3) is 0 Å². The highest BCUT2D eigenvalue weighted by Gasteiger charge is 2.29. The number of amides is 1. The molecule has 1 saturated heterocycles. The maximum Gasteiger partial charge on any atom is 0.251 e. The fraction of sp³-hybridized carbons (Fsp3) is 0.462. The Morgan fingerprint density at radius 2 is 2.12 bits per heavy atom. The summed E-state index contributed by atoms with van der Waals surface area (Å²) in [6, 6.07) is 5.54. The number of nitrogens with one attached hydrogen (secondary N) is 1. The average Bonchev–Trinajstić information content (AvgIpc) is 2.30. The van der Waals surface area contributed by atoms with Gasteiger partial charge in [0.25, 0.3) is 5.91 Å². The minimum absolute atomic E-state index is 0.182. The van der Waals surface area contributed by atoms with E-state index in [9.17, 15) is 9.18 Å². The molecule has 1 aliphatic rings. The van der Waals surface area contributed by atoms with E-state index in [0.29, 0.717) is 12.2 Å². The molecule has 4 heteroatoms. The van der Waals surface area contributed by atoms with Gasteiger partial charge in [-0.3, -0.25) is 4.79 Å². The monoisotopic (exact) mass is 237 g/mol. The molecule has 1 aliphatic heterocycles. The van der Waals surface area contributed by atoms with Crippen LogP contribution in [0.4, 0.5) is 4.39 Å². The van der Waals surface area contributed by atoms with Gasteiger partial charge in [-0.05, 0) is 44.0 Å². The summed E-state index contributed by atoms with van der Waals surface area (Å²) in [5, 5.41) is 2.94. The van der Waals surface area contributed by atoms with Gasteiger partial charge in [0, 0.05) is 12.2 Å². The zero-order valence-corrected chi connectivity index (χ0v) is 9.83. The molecular weight excluding hydrogens is 221 g/mol. The SMILES string of the molecule is CC1(NC(=O)c2ccc(F)cc2)CCCOC1. The Kier molecular flexibility index (Phi) is 3.43. The Balaban J connectivity index is 2.03. The van der Waals surface area contributed by atoms with E-state index in [0.717, 1.165) is 19.4 Å². The second-order valence-corrected chi connectivity index (χ2v) is 4.68. The van der Waals surface area contributed by atoms with Crippen molar-refractivity contribution in [2.75, 3.05) is 13.2 Å². The molecule has 0 aliphatic carbocycles. The molecular formula is C13H16FNO2. The van der Waals surface area contributed by atoms with Gasteiger partial charge in [-0.2, -0.15) is 0 Å². The quantitative estimate of drug-likeness (QED) is 0.855. The molecule has 1 aromatic rings. The lowest BCUT2D eigenvalue weighted by molar-refractivity contribution is 0.0272. The van der Waals surface area contributed by atoms with Gasteiger partial charge < -0.3 is 10.1 Å². The van der Waals surface area contributed by atoms with Crippen LogP contribution < -0.4 is 5.32 Å². The van der Waals surface area contributed by atoms with E-state index >= 15 is 0 Å². The second-order valence-electron chi connectivity index (χ2n) is 4.68. The smallest absolute Gasteiger partial charge is 0.251 e. The van der Waals surface area contributed by atoms with E-state index in [-0.39, 0.29) is 17.3 Å². The zero-order valence-electron chi connectivity index (χ0n) is 9.83. The van der Waals surface area contributed by atoms with Gasteiger partial charge in [0.05, 0.1) is 12.1 Å². The molecule has 1 heterocycles. The first-order valence-corrected chi connectivity index (χ1v) is 5.75. The van der Waals surface area contributed by atoms with Crippen LogP contribution in [0, 0.1) is 5.82 Å². The molecule has 17 heavy (non-hydrogen) atoms. The number of hydrogen-bond donors (Lipinski definition) is 1. The molecule has 92 valence electrons. The van der Waals surface area contributed by atoms with Gasteiger partial charge in [0.1, 0.15) is 5.82 Å². The molecule has 2 rings (SSSR count). The predicted molar refractivity (Wildman–Crippen MR) is 62.3 cm³/mol. The van der Waals surface area contributed by atoms with Crippen molar-refractivity contribution in [1.29, 1.82) is 0 Å². The van der Waals surface area contributed by atoms with E-state index in [4.69, 9.17) is 4.74 Å². The highest BCUT2D eigenvalue weighted by molar-refractivity contribution is 5.94. The van der Waals surface area contributed by atoms with Crippen LogP contribution in [-0.4, -0.2) is 24.7 Å². The van der Waals surface area contributed by atoms with Crippen molar-refractivity contribution in [3.63, 3.8) is 0 Å². The van der Waals surface area contributed by atoms with Gasteiger partial charge in [-0.25, -0.2) is 4.39 Å². The Labute approximate surface area is 100.0 Å². The number of benzene rings is 1. The number of halogens is 1. The Morgan fingerprint density at radius 3 is 2.71 bits per heavy atom. The van der Waals surface area contributed by atoms with E-state index in [2.05, 4.69) is 5.32 Å². The molecule has 1 fully saturated rings. The third-order valence-corrected chi connectivity index (χ3v) is 2.96. The summed E-state index contributed by atoms with van der Waals surface area (Å²) in [6.07, 6.45) is 1.85. The van der Waals surface area contributed by atoms with Crippen molar-refractivity contribution in [2.24, 2.45) is 0 Å². The van der Waals surface area contributed by atoms with Crippen molar-refractivity contribution in [2.45, 2.75) is 25.3 Å². The van der Waals surface area contributed by atoms with Crippen molar-refractivity contribution >= 4 is 5.91 Å². The fourth-order valence-electron chi connectivity index (χ4n) is 1.98. The molecule has 1 amide bonds. The predicted octanol–water partition coefficient (Wildman–Crippen LogP) is 2.12. The third kappa shape index (κ3) is 3.03. The maximum absolute atomic E-state index is 12.7. The normalized spacial score (nSPS) is 24.4. The van der Waals surface area contributed by atoms with Gasteiger partial charge in [0.15, 0.2) is 0 Å². The number of hydrogen-bond acceptors (Lipinski definition) is 2. The van der Waals surface area contributed by atoms with E-state index < -0.39 is 0 Å². The van der Waals surface area contributed by atoms with Gasteiger partial charge in [0.2, 0.25) is 0 Å². The lowest BCUT2D eigenvalue weighted by Gasteiger charge is -2.34. The first-order chi connectivity index (χ1) is 8.09. The Bertz CT molecular complexity index is 396. The summed E-state index contributed by atoms with van der Waals surface area (Å²) in [5.74, 6) is -0.522. The Morgan fingerprint density at radius 1 is 1.41 bits per heavy atom. The number of ether oxygens (including phenoxy) is 1. The minimum atomic E-state index is -0.339. The average molecular weight is 237 g/mol. The maximum atomic E-state index is 12.7. The number of carbonyl (C=O) groups is 1. The first kappa shape index (κ1) is 12.0. The highest BCUT2D eigenvalue weighted by Crippen LogP contribution is 2.19.